The molecule has 1 saturated heterocycles. The Labute approximate surface area is 116 Å². The molecule has 2 rings (SSSR count). The standard InChI is InChI=1S/C15H27NO3/c1-14(2,3)19-13(18)16-9-8-15(11-17)7-5-4-6-12(15)10-16/h12,17H,4-11H2,1-3H3. The first kappa shape index (κ1) is 14.6. The third-order valence-electron chi connectivity index (χ3n) is 4.63. The normalized spacial score (nSPS) is 31.8. The van der Waals surface area contributed by atoms with E-state index in [0.717, 1.165) is 25.8 Å². The van der Waals surface area contributed by atoms with Gasteiger partial charge in [-0.25, -0.2) is 4.79 Å². The average molecular weight is 269 g/mol. The van der Waals surface area contributed by atoms with E-state index >= 15 is 0 Å². The van der Waals surface area contributed by atoms with Crippen LogP contribution < -0.4 is 0 Å². The fraction of sp³-hybridized carbons (Fsp3) is 0.933. The van der Waals surface area contributed by atoms with Crippen LogP contribution in [0.2, 0.25) is 0 Å². The molecule has 0 spiro atoms. The van der Waals surface area contributed by atoms with Crippen LogP contribution in [-0.2, 0) is 4.74 Å². The summed E-state index contributed by atoms with van der Waals surface area (Å²) in [6.07, 6.45) is 5.37. The highest BCUT2D eigenvalue weighted by Gasteiger charge is 2.45. The number of ether oxygens (including phenoxy) is 1. The molecule has 0 aromatic heterocycles. The molecular formula is C15H27NO3. The van der Waals surface area contributed by atoms with Crippen LogP contribution in [0.4, 0.5) is 4.79 Å². The fourth-order valence-electron chi connectivity index (χ4n) is 3.49. The predicted octanol–water partition coefficient (Wildman–Crippen LogP) is 2.80. The highest BCUT2D eigenvalue weighted by molar-refractivity contribution is 5.68. The number of aliphatic hydroxyl groups excluding tert-OH is 1. The summed E-state index contributed by atoms with van der Waals surface area (Å²) in [6.45, 7) is 7.41. The van der Waals surface area contributed by atoms with Gasteiger partial charge in [0.1, 0.15) is 5.60 Å². The van der Waals surface area contributed by atoms with Crippen LogP contribution in [0.5, 0.6) is 0 Å². The van der Waals surface area contributed by atoms with Gasteiger partial charge in [0, 0.05) is 19.7 Å². The molecule has 1 aliphatic heterocycles. The topological polar surface area (TPSA) is 49.8 Å². The van der Waals surface area contributed by atoms with Crippen molar-refractivity contribution in [3.63, 3.8) is 0 Å². The van der Waals surface area contributed by atoms with Crippen LogP contribution in [0.3, 0.4) is 0 Å². The van der Waals surface area contributed by atoms with Crippen LogP contribution in [0.15, 0.2) is 0 Å². The van der Waals surface area contributed by atoms with Gasteiger partial charge in [-0.2, -0.15) is 0 Å². The van der Waals surface area contributed by atoms with Gasteiger partial charge in [-0.15, -0.1) is 0 Å². The van der Waals surface area contributed by atoms with Crippen molar-refractivity contribution in [2.24, 2.45) is 11.3 Å². The first-order valence-electron chi connectivity index (χ1n) is 7.45. The maximum atomic E-state index is 12.1. The van der Waals surface area contributed by atoms with Gasteiger partial charge in [0.2, 0.25) is 0 Å². The summed E-state index contributed by atoms with van der Waals surface area (Å²) >= 11 is 0. The molecule has 0 aromatic rings. The van der Waals surface area contributed by atoms with Crippen LogP contribution in [0.25, 0.3) is 0 Å². The smallest absolute Gasteiger partial charge is 0.410 e. The third kappa shape index (κ3) is 3.22. The van der Waals surface area contributed by atoms with E-state index in [4.69, 9.17) is 4.74 Å². The van der Waals surface area contributed by atoms with Crippen molar-refractivity contribution in [2.45, 2.75) is 58.5 Å². The van der Waals surface area contributed by atoms with Crippen molar-refractivity contribution < 1.29 is 14.6 Å². The van der Waals surface area contributed by atoms with Crippen molar-refractivity contribution in [3.8, 4) is 0 Å². The van der Waals surface area contributed by atoms with Gasteiger partial charge in [-0.1, -0.05) is 12.8 Å². The largest absolute Gasteiger partial charge is 0.444 e. The van der Waals surface area contributed by atoms with Crippen molar-refractivity contribution in [1.29, 1.82) is 0 Å². The van der Waals surface area contributed by atoms with Gasteiger partial charge in [0.15, 0.2) is 0 Å². The maximum absolute atomic E-state index is 12.1. The molecule has 2 fully saturated rings. The average Bonchev–Trinajstić information content (AvgIpc) is 2.36. The van der Waals surface area contributed by atoms with Crippen molar-refractivity contribution in [2.75, 3.05) is 19.7 Å². The molecule has 110 valence electrons. The number of nitrogens with zero attached hydrogens (tertiary/aromatic N) is 1. The van der Waals surface area contributed by atoms with E-state index in [9.17, 15) is 9.90 Å². The zero-order chi connectivity index (χ0) is 14.1. The van der Waals surface area contributed by atoms with E-state index < -0.39 is 5.60 Å². The fourth-order valence-corrected chi connectivity index (χ4v) is 3.49. The number of carbonyl (C=O) groups excluding carboxylic acids is 1. The number of piperidine rings is 1. The summed E-state index contributed by atoms with van der Waals surface area (Å²) in [7, 11) is 0. The third-order valence-corrected chi connectivity index (χ3v) is 4.63. The molecule has 2 atom stereocenters. The highest BCUT2D eigenvalue weighted by Crippen LogP contribution is 2.46. The van der Waals surface area contributed by atoms with E-state index in [1.54, 1.807) is 0 Å². The number of aliphatic hydroxyl groups is 1. The van der Waals surface area contributed by atoms with Crippen molar-refractivity contribution in [1.82, 2.24) is 4.90 Å². The van der Waals surface area contributed by atoms with E-state index in [1.165, 1.54) is 12.8 Å². The summed E-state index contributed by atoms with van der Waals surface area (Å²) < 4.78 is 5.45. The number of hydrogen-bond acceptors (Lipinski definition) is 3. The number of hydrogen-bond donors (Lipinski definition) is 1. The molecule has 4 heteroatoms. The lowest BCUT2D eigenvalue weighted by molar-refractivity contribution is -0.0488. The van der Waals surface area contributed by atoms with E-state index in [1.807, 2.05) is 25.7 Å². The van der Waals surface area contributed by atoms with Gasteiger partial charge in [-0.05, 0) is 51.4 Å². The van der Waals surface area contributed by atoms with E-state index in [2.05, 4.69) is 0 Å². The molecule has 1 saturated carbocycles. The van der Waals surface area contributed by atoms with Gasteiger partial charge in [-0.3, -0.25) is 0 Å². The summed E-state index contributed by atoms with van der Waals surface area (Å²) in [4.78, 5) is 14.0. The lowest BCUT2D eigenvalue weighted by atomic mass is 9.63. The molecule has 0 radical (unpaired) electrons. The quantitative estimate of drug-likeness (QED) is 0.796. The SMILES string of the molecule is CC(C)(C)OC(=O)N1CCC2(CO)CCCCC2C1. The Bertz CT molecular complexity index is 337. The molecule has 1 aliphatic carbocycles. The van der Waals surface area contributed by atoms with E-state index in [-0.39, 0.29) is 18.1 Å². The predicted molar refractivity (Wildman–Crippen MR) is 73.9 cm³/mol. The molecule has 1 N–H and O–H groups in total. The van der Waals surface area contributed by atoms with Gasteiger partial charge >= 0.3 is 6.09 Å². The Morgan fingerprint density at radius 3 is 2.74 bits per heavy atom. The molecule has 4 nitrogen and oxygen atoms in total. The minimum atomic E-state index is -0.435. The molecule has 0 bridgehead atoms. The number of amides is 1. The summed E-state index contributed by atoms with van der Waals surface area (Å²) in [5.74, 6) is 0.438. The Morgan fingerprint density at radius 1 is 1.37 bits per heavy atom. The Kier molecular flexibility index (Phi) is 4.09. The summed E-state index contributed by atoms with van der Waals surface area (Å²) in [6, 6.07) is 0. The first-order chi connectivity index (χ1) is 8.86. The number of rotatable bonds is 1. The monoisotopic (exact) mass is 269 g/mol. The number of likely N-dealkylation sites (tertiary alicyclic amines) is 1. The molecule has 1 heterocycles. The van der Waals surface area contributed by atoms with Crippen molar-refractivity contribution in [3.05, 3.63) is 0 Å². The number of fused-ring (bicyclic) bond motifs is 1. The zero-order valence-electron chi connectivity index (χ0n) is 12.4. The second-order valence-electron chi connectivity index (χ2n) is 7.14. The van der Waals surface area contributed by atoms with Gasteiger partial charge in [0.25, 0.3) is 0 Å². The molecule has 1 amide bonds. The molecule has 0 aromatic carbocycles. The molecular weight excluding hydrogens is 242 g/mol. The Hall–Kier alpha value is -0.770. The van der Waals surface area contributed by atoms with Crippen LogP contribution in [0.1, 0.15) is 52.9 Å². The van der Waals surface area contributed by atoms with Crippen LogP contribution >= 0.6 is 0 Å². The summed E-state index contributed by atoms with van der Waals surface area (Å²) in [5.41, 5.74) is -0.369. The van der Waals surface area contributed by atoms with Crippen molar-refractivity contribution >= 4 is 6.09 Å². The van der Waals surface area contributed by atoms with Crippen LogP contribution in [-0.4, -0.2) is 41.4 Å². The minimum Gasteiger partial charge on any atom is -0.444 e. The van der Waals surface area contributed by atoms with Crippen LogP contribution in [0, 0.1) is 11.3 Å². The van der Waals surface area contributed by atoms with Gasteiger partial charge in [0.05, 0.1) is 0 Å². The Balaban J connectivity index is 2.00. The second kappa shape index (κ2) is 5.31. The molecule has 2 aliphatic rings. The van der Waals surface area contributed by atoms with E-state index in [0.29, 0.717) is 12.5 Å². The molecule has 19 heavy (non-hydrogen) atoms. The first-order valence-corrected chi connectivity index (χ1v) is 7.45. The lowest BCUT2D eigenvalue weighted by Crippen LogP contribution is -2.53. The minimum absolute atomic E-state index is 0.0662. The highest BCUT2D eigenvalue weighted by atomic mass is 16.6. The molecule has 2 unspecified atom stereocenters. The van der Waals surface area contributed by atoms with Gasteiger partial charge < -0.3 is 14.7 Å². The summed E-state index contributed by atoms with van der Waals surface area (Å²) in [5, 5.41) is 9.75. The lowest BCUT2D eigenvalue weighted by Gasteiger charge is -2.49. The Morgan fingerprint density at radius 2 is 2.11 bits per heavy atom. The maximum Gasteiger partial charge on any atom is 0.410 e. The number of carbonyl (C=O) groups is 1. The zero-order valence-corrected chi connectivity index (χ0v) is 12.4. The second-order valence-corrected chi connectivity index (χ2v) is 7.14.